The molecule has 0 saturated carbocycles. The maximum absolute atomic E-state index is 12.3. The number of nitrogens with zero attached hydrogens (tertiary/aromatic N) is 1. The Balaban J connectivity index is 1.74. The number of hydrogen-bond acceptors (Lipinski definition) is 6. The molecule has 3 aromatic carbocycles. The van der Waals surface area contributed by atoms with Crippen LogP contribution in [-0.2, 0) is 11.2 Å². The molecule has 0 saturated heterocycles. The molecule has 0 atom stereocenters. The lowest BCUT2D eigenvalue weighted by atomic mass is 9.98. The van der Waals surface area contributed by atoms with Crippen molar-refractivity contribution in [1.82, 2.24) is 4.98 Å². The normalized spacial score (nSPS) is 11.4. The molecule has 4 aromatic rings. The average molecular weight is 482 g/mol. The number of carbonyl (C=O) groups is 1. The first-order valence-corrected chi connectivity index (χ1v) is 11.6. The molecule has 1 amide bonds. The predicted octanol–water partition coefficient (Wildman–Crippen LogP) is 7.36. The Labute approximate surface area is 201 Å². The molecule has 33 heavy (non-hydrogen) atoms. The van der Waals surface area contributed by atoms with Crippen molar-refractivity contribution in [2.24, 2.45) is 0 Å². The van der Waals surface area contributed by atoms with Gasteiger partial charge in [0.15, 0.2) is 5.13 Å². The number of aromatic nitrogens is 1. The molecule has 0 bridgehead atoms. The van der Waals surface area contributed by atoms with Crippen LogP contribution in [0.4, 0.5) is 15.6 Å². The summed E-state index contributed by atoms with van der Waals surface area (Å²) in [4.78, 5) is 16.9. The monoisotopic (exact) mass is 481 g/mol. The van der Waals surface area contributed by atoms with E-state index < -0.39 is 11.7 Å². The van der Waals surface area contributed by atoms with E-state index in [1.54, 1.807) is 0 Å². The highest BCUT2D eigenvalue weighted by molar-refractivity contribution is 7.22. The molecule has 170 valence electrons. The molecule has 0 spiro atoms. The van der Waals surface area contributed by atoms with Crippen molar-refractivity contribution in [2.45, 2.75) is 32.8 Å². The van der Waals surface area contributed by atoms with Gasteiger partial charge in [0.2, 0.25) is 0 Å². The largest absolute Gasteiger partial charge is 0.444 e. The minimum Gasteiger partial charge on any atom is -0.444 e. The minimum atomic E-state index is -0.596. The first-order valence-electron chi connectivity index (χ1n) is 10.4. The molecule has 0 fully saturated rings. The summed E-state index contributed by atoms with van der Waals surface area (Å²) in [6.07, 6.45) is 0.158. The summed E-state index contributed by atoms with van der Waals surface area (Å²) >= 11 is 7.66. The summed E-state index contributed by atoms with van der Waals surface area (Å²) in [5.74, 6) is 0. The predicted molar refractivity (Wildman–Crippen MR) is 135 cm³/mol. The van der Waals surface area contributed by atoms with Crippen LogP contribution in [0.25, 0.3) is 21.3 Å². The first-order chi connectivity index (χ1) is 15.7. The van der Waals surface area contributed by atoms with Crippen molar-refractivity contribution in [2.75, 3.05) is 10.8 Å². The molecule has 4 rings (SSSR count). The van der Waals surface area contributed by atoms with Gasteiger partial charge >= 0.3 is 6.09 Å². The third kappa shape index (κ3) is 5.82. The maximum Gasteiger partial charge on any atom is 0.413 e. The Morgan fingerprint density at radius 2 is 1.85 bits per heavy atom. The van der Waals surface area contributed by atoms with Crippen LogP contribution in [0.15, 0.2) is 60.7 Å². The molecular formula is C25H24ClN3O3S. The SMILES string of the molecule is CC(C)(C)OC(=O)Nc1nc2c(-c3cccc(Cl)c3)cc(Cc3ccc(NO)cc3)cc2s1. The second kappa shape index (κ2) is 9.39. The van der Waals surface area contributed by atoms with E-state index in [-0.39, 0.29) is 0 Å². The molecule has 8 heteroatoms. The number of ether oxygens (including phenoxy) is 1. The Bertz CT molecular complexity index is 1300. The van der Waals surface area contributed by atoms with Crippen LogP contribution in [0.3, 0.4) is 0 Å². The fourth-order valence-corrected chi connectivity index (χ4v) is 4.57. The lowest BCUT2D eigenvalue weighted by Gasteiger charge is -2.18. The Kier molecular flexibility index (Phi) is 6.56. The number of halogens is 1. The van der Waals surface area contributed by atoms with Gasteiger partial charge < -0.3 is 4.74 Å². The number of thiazole rings is 1. The molecule has 0 unspecified atom stereocenters. The second-order valence-corrected chi connectivity index (χ2v) is 10.1. The maximum atomic E-state index is 12.3. The van der Waals surface area contributed by atoms with E-state index in [2.05, 4.69) is 27.9 Å². The van der Waals surface area contributed by atoms with Crippen LogP contribution in [-0.4, -0.2) is 21.9 Å². The van der Waals surface area contributed by atoms with Crippen molar-refractivity contribution in [1.29, 1.82) is 0 Å². The quantitative estimate of drug-likeness (QED) is 0.259. The summed E-state index contributed by atoms with van der Waals surface area (Å²) in [5.41, 5.74) is 7.05. The fourth-order valence-electron chi connectivity index (χ4n) is 3.44. The zero-order valence-electron chi connectivity index (χ0n) is 18.5. The molecule has 3 N–H and O–H groups in total. The lowest BCUT2D eigenvalue weighted by molar-refractivity contribution is 0.0636. The van der Waals surface area contributed by atoms with E-state index in [0.717, 1.165) is 32.5 Å². The number of rotatable bonds is 5. The van der Waals surface area contributed by atoms with E-state index in [1.807, 2.05) is 69.3 Å². The van der Waals surface area contributed by atoms with Gasteiger partial charge in [-0.3, -0.25) is 16.0 Å². The molecule has 6 nitrogen and oxygen atoms in total. The Hall–Kier alpha value is -3.13. The van der Waals surface area contributed by atoms with Crippen LogP contribution >= 0.6 is 22.9 Å². The zero-order valence-corrected chi connectivity index (χ0v) is 20.1. The van der Waals surface area contributed by atoms with Crippen molar-refractivity contribution in [3.8, 4) is 11.1 Å². The second-order valence-electron chi connectivity index (χ2n) is 8.63. The Morgan fingerprint density at radius 3 is 2.52 bits per heavy atom. The summed E-state index contributed by atoms with van der Waals surface area (Å²) in [6, 6.07) is 19.4. The molecule has 0 aliphatic rings. The molecule has 1 aromatic heterocycles. The van der Waals surface area contributed by atoms with Crippen molar-refractivity contribution >= 4 is 50.1 Å². The van der Waals surface area contributed by atoms with E-state index in [9.17, 15) is 4.79 Å². The summed E-state index contributed by atoms with van der Waals surface area (Å²) in [6.45, 7) is 5.45. The van der Waals surface area contributed by atoms with Crippen molar-refractivity contribution in [3.63, 3.8) is 0 Å². The van der Waals surface area contributed by atoms with Gasteiger partial charge in [-0.05, 0) is 80.3 Å². The van der Waals surface area contributed by atoms with Crippen LogP contribution in [0, 0.1) is 0 Å². The van der Waals surface area contributed by atoms with Crippen molar-refractivity contribution in [3.05, 3.63) is 76.8 Å². The number of benzene rings is 3. The van der Waals surface area contributed by atoms with Crippen molar-refractivity contribution < 1.29 is 14.7 Å². The van der Waals surface area contributed by atoms with E-state index in [0.29, 0.717) is 22.3 Å². The van der Waals surface area contributed by atoms with Gasteiger partial charge in [0.05, 0.1) is 15.9 Å². The minimum absolute atomic E-state index is 0.470. The molecule has 1 heterocycles. The van der Waals surface area contributed by atoms with E-state index in [1.165, 1.54) is 11.3 Å². The van der Waals surface area contributed by atoms with E-state index >= 15 is 0 Å². The smallest absolute Gasteiger partial charge is 0.413 e. The van der Waals surface area contributed by atoms with Gasteiger partial charge in [0.25, 0.3) is 0 Å². The van der Waals surface area contributed by atoms with Gasteiger partial charge in [-0.15, -0.1) is 0 Å². The number of amides is 1. The fraction of sp³-hybridized carbons (Fsp3) is 0.200. The van der Waals surface area contributed by atoms with Crippen LogP contribution in [0.2, 0.25) is 5.02 Å². The highest BCUT2D eigenvalue weighted by Crippen LogP contribution is 2.36. The number of fused-ring (bicyclic) bond motifs is 1. The molecule has 0 aliphatic heterocycles. The summed E-state index contributed by atoms with van der Waals surface area (Å²) in [5, 5.41) is 12.9. The van der Waals surface area contributed by atoms with Gasteiger partial charge in [-0.25, -0.2) is 9.78 Å². The molecule has 0 aliphatic carbocycles. The third-order valence-corrected chi connectivity index (χ3v) is 5.94. The van der Waals surface area contributed by atoms with Crippen LogP contribution in [0.5, 0.6) is 0 Å². The van der Waals surface area contributed by atoms with Crippen LogP contribution in [0.1, 0.15) is 31.9 Å². The van der Waals surface area contributed by atoms with Gasteiger partial charge in [-0.1, -0.05) is 47.2 Å². The van der Waals surface area contributed by atoms with E-state index in [4.69, 9.17) is 21.5 Å². The van der Waals surface area contributed by atoms with Crippen LogP contribution < -0.4 is 10.8 Å². The Morgan fingerprint density at radius 1 is 1.09 bits per heavy atom. The van der Waals surface area contributed by atoms with Gasteiger partial charge in [0, 0.05) is 10.6 Å². The number of anilines is 2. The van der Waals surface area contributed by atoms with Gasteiger partial charge in [-0.2, -0.15) is 0 Å². The third-order valence-electron chi connectivity index (χ3n) is 4.79. The topological polar surface area (TPSA) is 83.5 Å². The number of nitrogens with one attached hydrogen (secondary N) is 2. The summed E-state index contributed by atoms with van der Waals surface area (Å²) < 4.78 is 6.31. The average Bonchev–Trinajstić information content (AvgIpc) is 3.14. The standard InChI is InChI=1S/C25H24ClN3O3S/c1-25(2,3)32-24(30)28-23-27-22-20(17-5-4-6-18(26)14-17)12-16(13-21(22)33-23)11-15-7-9-19(29-31)10-8-15/h4-10,12-14,29,31H,11H2,1-3H3,(H,27,28,30). The number of carbonyl (C=O) groups excluding carboxylic acids is 1. The summed E-state index contributed by atoms with van der Waals surface area (Å²) in [7, 11) is 0. The highest BCUT2D eigenvalue weighted by Gasteiger charge is 2.19. The molecular weight excluding hydrogens is 458 g/mol. The highest BCUT2D eigenvalue weighted by atomic mass is 35.5. The lowest BCUT2D eigenvalue weighted by Crippen LogP contribution is -2.27. The number of hydrogen-bond donors (Lipinski definition) is 3. The first kappa shape index (κ1) is 23.0. The zero-order chi connectivity index (χ0) is 23.6. The molecule has 0 radical (unpaired) electrons. The van der Waals surface area contributed by atoms with Gasteiger partial charge in [0.1, 0.15) is 5.60 Å².